The van der Waals surface area contributed by atoms with E-state index in [4.69, 9.17) is 9.15 Å². The SMILES string of the molecule is Cc1ncoc1C(=O)N1CCC2(CC1)C[C@@H](N(C(=O)NC(C)C)C1CC1)CCO2. The maximum atomic E-state index is 12.8. The van der Waals surface area contributed by atoms with Crippen molar-refractivity contribution in [1.82, 2.24) is 20.1 Å². The van der Waals surface area contributed by atoms with E-state index in [9.17, 15) is 9.59 Å². The lowest BCUT2D eigenvalue weighted by Gasteiger charge is -2.48. The summed E-state index contributed by atoms with van der Waals surface area (Å²) in [5.41, 5.74) is 0.377. The Kier molecular flexibility index (Phi) is 5.55. The van der Waals surface area contributed by atoms with Crippen LogP contribution in [0.3, 0.4) is 0 Å². The molecule has 3 aliphatic rings. The molecule has 3 heterocycles. The highest BCUT2D eigenvalue weighted by atomic mass is 16.5. The van der Waals surface area contributed by atoms with Crippen molar-refractivity contribution in [3.8, 4) is 0 Å². The first kappa shape index (κ1) is 20.2. The van der Waals surface area contributed by atoms with Crippen LogP contribution in [0.25, 0.3) is 0 Å². The molecule has 3 amide bonds. The van der Waals surface area contributed by atoms with Crippen molar-refractivity contribution in [2.45, 2.75) is 83.0 Å². The van der Waals surface area contributed by atoms with Crippen LogP contribution in [0.15, 0.2) is 10.8 Å². The smallest absolute Gasteiger partial charge is 0.318 e. The molecule has 1 aliphatic carbocycles. The van der Waals surface area contributed by atoms with Crippen molar-refractivity contribution >= 4 is 11.9 Å². The molecule has 0 bridgehead atoms. The highest BCUT2D eigenvalue weighted by Crippen LogP contribution is 2.40. The van der Waals surface area contributed by atoms with Crippen LogP contribution in [0.2, 0.25) is 0 Å². The molecule has 1 spiro atoms. The third-order valence-electron chi connectivity index (χ3n) is 6.35. The van der Waals surface area contributed by atoms with Crippen LogP contribution >= 0.6 is 0 Å². The lowest BCUT2D eigenvalue weighted by molar-refractivity contribution is -0.126. The fourth-order valence-electron chi connectivity index (χ4n) is 4.66. The Hall–Kier alpha value is -2.09. The number of hydrogen-bond acceptors (Lipinski definition) is 5. The molecule has 1 aromatic rings. The quantitative estimate of drug-likeness (QED) is 0.834. The molecular formula is C21H32N4O4. The Labute approximate surface area is 172 Å². The van der Waals surface area contributed by atoms with Crippen LogP contribution < -0.4 is 5.32 Å². The molecule has 4 rings (SSSR count). The molecule has 0 unspecified atom stereocenters. The van der Waals surface area contributed by atoms with Gasteiger partial charge in [-0.3, -0.25) is 4.79 Å². The van der Waals surface area contributed by atoms with Gasteiger partial charge in [0.15, 0.2) is 6.39 Å². The average Bonchev–Trinajstić information content (AvgIpc) is 3.41. The summed E-state index contributed by atoms with van der Waals surface area (Å²) in [7, 11) is 0. The first-order chi connectivity index (χ1) is 13.9. The minimum Gasteiger partial charge on any atom is -0.438 e. The van der Waals surface area contributed by atoms with E-state index in [1.54, 1.807) is 6.92 Å². The summed E-state index contributed by atoms with van der Waals surface area (Å²) in [5.74, 6) is 0.229. The van der Waals surface area contributed by atoms with Crippen LogP contribution in [0.5, 0.6) is 0 Å². The van der Waals surface area contributed by atoms with Crippen LogP contribution in [0.1, 0.15) is 68.6 Å². The van der Waals surface area contributed by atoms with Crippen molar-refractivity contribution in [3.63, 3.8) is 0 Å². The van der Waals surface area contributed by atoms with Crippen LogP contribution in [-0.2, 0) is 4.74 Å². The normalized spacial score (nSPS) is 24.0. The van der Waals surface area contributed by atoms with E-state index in [0.717, 1.165) is 38.5 Å². The maximum Gasteiger partial charge on any atom is 0.318 e. The molecule has 3 fully saturated rings. The predicted octanol–water partition coefficient (Wildman–Crippen LogP) is 2.72. The minimum absolute atomic E-state index is 0.0537. The molecule has 8 heteroatoms. The van der Waals surface area contributed by atoms with E-state index in [2.05, 4.69) is 15.2 Å². The van der Waals surface area contributed by atoms with Gasteiger partial charge in [0.1, 0.15) is 0 Å². The van der Waals surface area contributed by atoms with Gasteiger partial charge in [0.05, 0.1) is 11.3 Å². The van der Waals surface area contributed by atoms with Gasteiger partial charge in [-0.2, -0.15) is 0 Å². The number of carbonyl (C=O) groups excluding carboxylic acids is 2. The van der Waals surface area contributed by atoms with Crippen LogP contribution in [0.4, 0.5) is 4.79 Å². The third-order valence-corrected chi connectivity index (χ3v) is 6.35. The molecular weight excluding hydrogens is 372 g/mol. The van der Waals surface area contributed by atoms with Gasteiger partial charge in [0.25, 0.3) is 5.91 Å². The monoisotopic (exact) mass is 404 g/mol. The Bertz CT molecular complexity index is 750. The van der Waals surface area contributed by atoms with Crippen molar-refractivity contribution in [2.24, 2.45) is 0 Å². The number of urea groups is 1. The molecule has 1 aromatic heterocycles. The first-order valence-corrected chi connectivity index (χ1v) is 10.8. The molecule has 29 heavy (non-hydrogen) atoms. The van der Waals surface area contributed by atoms with E-state index >= 15 is 0 Å². The Morgan fingerprint density at radius 3 is 2.55 bits per heavy atom. The van der Waals surface area contributed by atoms with Gasteiger partial charge in [-0.25, -0.2) is 9.78 Å². The molecule has 0 radical (unpaired) electrons. The molecule has 8 nitrogen and oxygen atoms in total. The highest BCUT2D eigenvalue weighted by Gasteiger charge is 2.46. The van der Waals surface area contributed by atoms with Crippen molar-refractivity contribution in [1.29, 1.82) is 0 Å². The topological polar surface area (TPSA) is 87.9 Å². The summed E-state index contributed by atoms with van der Waals surface area (Å²) in [4.78, 5) is 33.5. The van der Waals surface area contributed by atoms with Gasteiger partial charge in [-0.05, 0) is 59.3 Å². The summed E-state index contributed by atoms with van der Waals surface area (Å²) in [6.07, 6.45) is 6.79. The zero-order valence-corrected chi connectivity index (χ0v) is 17.6. The third kappa shape index (κ3) is 4.27. The fourth-order valence-corrected chi connectivity index (χ4v) is 4.66. The fraction of sp³-hybridized carbons (Fsp3) is 0.762. The van der Waals surface area contributed by atoms with Crippen molar-refractivity contribution in [2.75, 3.05) is 19.7 Å². The van der Waals surface area contributed by atoms with Gasteiger partial charge in [-0.1, -0.05) is 0 Å². The highest BCUT2D eigenvalue weighted by molar-refractivity contribution is 5.92. The number of rotatable bonds is 4. The number of nitrogens with zero attached hydrogens (tertiary/aromatic N) is 3. The summed E-state index contributed by atoms with van der Waals surface area (Å²) in [6, 6.07) is 0.753. The summed E-state index contributed by atoms with van der Waals surface area (Å²) in [5, 5.41) is 3.07. The van der Waals surface area contributed by atoms with E-state index < -0.39 is 0 Å². The molecule has 1 N–H and O–H groups in total. The number of piperidine rings is 1. The van der Waals surface area contributed by atoms with E-state index in [1.807, 2.05) is 18.7 Å². The lowest BCUT2D eigenvalue weighted by Crippen LogP contribution is -2.57. The number of hydrogen-bond donors (Lipinski definition) is 1. The Morgan fingerprint density at radius 2 is 1.97 bits per heavy atom. The second-order valence-corrected chi connectivity index (χ2v) is 8.98. The van der Waals surface area contributed by atoms with Crippen LogP contribution in [-0.4, -0.2) is 70.1 Å². The van der Waals surface area contributed by atoms with Crippen LogP contribution in [0, 0.1) is 6.92 Å². The number of amides is 3. The Morgan fingerprint density at radius 1 is 1.24 bits per heavy atom. The number of oxazole rings is 1. The van der Waals surface area contributed by atoms with E-state index in [-0.39, 0.29) is 29.6 Å². The number of ether oxygens (including phenoxy) is 1. The standard InChI is InChI=1S/C21H32N4O4/c1-14(2)23-20(27)25(16-4-5-16)17-6-11-29-21(12-17)7-9-24(10-8-21)19(26)18-15(3)22-13-28-18/h13-14,16-17H,4-12H2,1-3H3,(H,23,27)/t17-/m0/s1. The number of nitrogens with one attached hydrogen (secondary N) is 1. The van der Waals surface area contributed by atoms with E-state index in [0.29, 0.717) is 37.2 Å². The van der Waals surface area contributed by atoms with E-state index in [1.165, 1.54) is 6.39 Å². The zero-order valence-electron chi connectivity index (χ0n) is 17.6. The number of aromatic nitrogens is 1. The second kappa shape index (κ2) is 7.97. The lowest BCUT2D eigenvalue weighted by atomic mass is 9.81. The zero-order chi connectivity index (χ0) is 20.6. The van der Waals surface area contributed by atoms with Gasteiger partial charge < -0.3 is 24.3 Å². The molecule has 2 aliphatic heterocycles. The average molecular weight is 405 g/mol. The number of carbonyl (C=O) groups is 2. The number of likely N-dealkylation sites (tertiary alicyclic amines) is 1. The molecule has 160 valence electrons. The van der Waals surface area contributed by atoms with Gasteiger partial charge >= 0.3 is 6.03 Å². The summed E-state index contributed by atoms with van der Waals surface area (Å²) >= 11 is 0. The number of aryl methyl sites for hydroxylation is 1. The van der Waals surface area contributed by atoms with Crippen molar-refractivity contribution in [3.05, 3.63) is 17.8 Å². The van der Waals surface area contributed by atoms with Crippen molar-refractivity contribution < 1.29 is 18.7 Å². The van der Waals surface area contributed by atoms with Gasteiger partial charge in [0, 0.05) is 37.8 Å². The van der Waals surface area contributed by atoms with Gasteiger partial charge in [0.2, 0.25) is 5.76 Å². The molecule has 2 saturated heterocycles. The second-order valence-electron chi connectivity index (χ2n) is 8.98. The largest absolute Gasteiger partial charge is 0.438 e. The first-order valence-electron chi connectivity index (χ1n) is 10.8. The minimum atomic E-state index is -0.249. The molecule has 1 atom stereocenters. The summed E-state index contributed by atoms with van der Waals surface area (Å²) < 4.78 is 11.5. The maximum absolute atomic E-state index is 12.8. The Balaban J connectivity index is 1.40. The predicted molar refractivity (Wildman–Crippen MR) is 107 cm³/mol. The summed E-state index contributed by atoms with van der Waals surface area (Å²) in [6.45, 7) is 7.71. The van der Waals surface area contributed by atoms with Gasteiger partial charge in [-0.15, -0.1) is 0 Å². The molecule has 0 aromatic carbocycles. The molecule has 1 saturated carbocycles.